The molecule has 1 fully saturated rings. The highest BCUT2D eigenvalue weighted by Crippen LogP contribution is 2.29. The molecule has 0 aliphatic carbocycles. The molecule has 0 radical (unpaired) electrons. The molecule has 0 unspecified atom stereocenters. The van der Waals surface area contributed by atoms with Gasteiger partial charge in [0.1, 0.15) is 0 Å². The molecule has 9 heteroatoms. The van der Waals surface area contributed by atoms with E-state index in [1.165, 1.54) is 11.8 Å². The monoisotopic (exact) mass is 453 g/mol. The third-order valence-corrected chi connectivity index (χ3v) is 6.25. The zero-order valence-electron chi connectivity index (χ0n) is 16.6. The van der Waals surface area contributed by atoms with E-state index in [1.54, 1.807) is 0 Å². The van der Waals surface area contributed by atoms with Crippen LogP contribution in [-0.4, -0.2) is 37.7 Å². The van der Waals surface area contributed by atoms with Gasteiger partial charge in [-0.15, -0.1) is 20.4 Å². The minimum Gasteiger partial charge on any atom is -0.420 e. The Labute approximate surface area is 188 Å². The topological polar surface area (TPSA) is 78.9 Å². The van der Waals surface area contributed by atoms with Crippen LogP contribution in [0.15, 0.2) is 64.2 Å². The van der Waals surface area contributed by atoms with Gasteiger partial charge in [0.2, 0.25) is 11.8 Å². The van der Waals surface area contributed by atoms with Gasteiger partial charge in [-0.3, -0.25) is 4.57 Å². The first kappa shape index (κ1) is 20.2. The minimum atomic E-state index is 0.162. The largest absolute Gasteiger partial charge is 0.420 e. The van der Waals surface area contributed by atoms with E-state index in [1.807, 2.05) is 54.6 Å². The Kier molecular flexibility index (Phi) is 6.01. The number of ether oxygens (including phenoxy) is 1. The summed E-state index contributed by atoms with van der Waals surface area (Å²) < 4.78 is 13.8. The maximum atomic E-state index is 6.06. The molecule has 31 heavy (non-hydrogen) atoms. The fraction of sp³-hybridized carbons (Fsp3) is 0.273. The summed E-state index contributed by atoms with van der Waals surface area (Å²) >= 11 is 7.58. The second kappa shape index (κ2) is 9.21. The number of hydrogen-bond acceptors (Lipinski definition) is 7. The van der Waals surface area contributed by atoms with E-state index in [0.29, 0.717) is 29.1 Å². The van der Waals surface area contributed by atoms with Crippen molar-refractivity contribution in [2.24, 2.45) is 0 Å². The molecule has 0 saturated carbocycles. The van der Waals surface area contributed by atoms with Gasteiger partial charge in [0, 0.05) is 22.8 Å². The van der Waals surface area contributed by atoms with E-state index in [2.05, 4.69) is 25.0 Å². The lowest BCUT2D eigenvalue weighted by atomic mass is 10.2. The average Bonchev–Trinajstić information content (AvgIpc) is 3.56. The molecule has 0 amide bonds. The molecule has 1 aliphatic rings. The van der Waals surface area contributed by atoms with Crippen LogP contribution in [0.3, 0.4) is 0 Å². The van der Waals surface area contributed by atoms with Crippen LogP contribution < -0.4 is 0 Å². The van der Waals surface area contributed by atoms with Crippen molar-refractivity contribution in [2.45, 2.75) is 36.4 Å². The second-order valence-corrected chi connectivity index (χ2v) is 8.59. The number of benzene rings is 2. The maximum absolute atomic E-state index is 6.06. The molecule has 1 atom stereocenters. The molecular formula is C22H20ClN5O2S. The van der Waals surface area contributed by atoms with Crippen molar-refractivity contribution in [2.75, 3.05) is 6.61 Å². The van der Waals surface area contributed by atoms with E-state index in [0.717, 1.165) is 41.6 Å². The zero-order valence-corrected chi connectivity index (χ0v) is 18.2. The summed E-state index contributed by atoms with van der Waals surface area (Å²) in [4.78, 5) is 0. The maximum Gasteiger partial charge on any atom is 0.247 e. The normalized spacial score (nSPS) is 16.1. The molecule has 5 rings (SSSR count). The van der Waals surface area contributed by atoms with Gasteiger partial charge in [-0.1, -0.05) is 41.6 Å². The van der Waals surface area contributed by atoms with Crippen LogP contribution in [0.1, 0.15) is 18.7 Å². The summed E-state index contributed by atoms with van der Waals surface area (Å²) in [6.45, 7) is 1.50. The number of hydrogen-bond donors (Lipinski definition) is 0. The Balaban J connectivity index is 1.37. The summed E-state index contributed by atoms with van der Waals surface area (Å²) in [5.74, 6) is 2.36. The molecule has 1 aliphatic heterocycles. The first-order valence-corrected chi connectivity index (χ1v) is 11.4. The van der Waals surface area contributed by atoms with Gasteiger partial charge in [-0.2, -0.15) is 0 Å². The number of aromatic nitrogens is 5. The number of halogens is 1. The third kappa shape index (κ3) is 4.66. The summed E-state index contributed by atoms with van der Waals surface area (Å²) in [5.41, 5.74) is 1.86. The average molecular weight is 454 g/mol. The molecule has 158 valence electrons. The molecule has 7 nitrogen and oxygen atoms in total. The van der Waals surface area contributed by atoms with Crippen LogP contribution in [0.2, 0.25) is 5.02 Å². The van der Waals surface area contributed by atoms with Gasteiger partial charge >= 0.3 is 0 Å². The Morgan fingerprint density at radius 3 is 2.58 bits per heavy atom. The fourth-order valence-corrected chi connectivity index (χ4v) is 4.41. The Bertz CT molecular complexity index is 1140. The Morgan fingerprint density at radius 2 is 1.81 bits per heavy atom. The van der Waals surface area contributed by atoms with E-state index in [9.17, 15) is 0 Å². The molecular weight excluding hydrogens is 434 g/mol. The molecule has 3 heterocycles. The van der Waals surface area contributed by atoms with Crippen molar-refractivity contribution >= 4 is 23.4 Å². The van der Waals surface area contributed by atoms with Crippen LogP contribution in [0.5, 0.6) is 0 Å². The van der Waals surface area contributed by atoms with Crippen molar-refractivity contribution in [1.29, 1.82) is 0 Å². The highest BCUT2D eigenvalue weighted by Gasteiger charge is 2.22. The summed E-state index contributed by atoms with van der Waals surface area (Å²) in [6.07, 6.45) is 2.27. The second-order valence-electron chi connectivity index (χ2n) is 7.21. The van der Waals surface area contributed by atoms with E-state index in [-0.39, 0.29) is 6.10 Å². The summed E-state index contributed by atoms with van der Waals surface area (Å²) in [7, 11) is 0. The van der Waals surface area contributed by atoms with Crippen molar-refractivity contribution in [1.82, 2.24) is 25.0 Å². The van der Waals surface area contributed by atoms with Crippen LogP contribution in [0, 0.1) is 0 Å². The van der Waals surface area contributed by atoms with E-state index < -0.39 is 0 Å². The summed E-state index contributed by atoms with van der Waals surface area (Å²) in [5, 5.41) is 18.7. The van der Waals surface area contributed by atoms with Crippen molar-refractivity contribution in [3.05, 3.63) is 65.5 Å². The SMILES string of the molecule is Clc1ccc(-c2nnc(SCc3nnc(-c4ccccc4)o3)n2C[C@@H]2CCCO2)cc1. The summed E-state index contributed by atoms with van der Waals surface area (Å²) in [6, 6.07) is 17.4. The first-order chi connectivity index (χ1) is 15.3. The predicted molar refractivity (Wildman–Crippen MR) is 119 cm³/mol. The fourth-order valence-electron chi connectivity index (χ4n) is 3.50. The third-order valence-electron chi connectivity index (χ3n) is 5.04. The standard InChI is InChI=1S/C22H20ClN5O2S/c23-17-10-8-15(9-11-17)20-25-27-22(28(20)13-18-7-4-12-29-18)31-14-19-24-26-21(30-19)16-5-2-1-3-6-16/h1-3,5-6,8-11,18H,4,7,12-14H2/t18-/m0/s1. The van der Waals surface area contributed by atoms with Gasteiger partial charge in [0.15, 0.2) is 11.0 Å². The highest BCUT2D eigenvalue weighted by atomic mass is 35.5. The Morgan fingerprint density at radius 1 is 0.968 bits per heavy atom. The number of thioether (sulfide) groups is 1. The number of rotatable bonds is 7. The minimum absolute atomic E-state index is 0.162. The highest BCUT2D eigenvalue weighted by molar-refractivity contribution is 7.98. The van der Waals surface area contributed by atoms with Crippen LogP contribution in [0.25, 0.3) is 22.8 Å². The van der Waals surface area contributed by atoms with Gasteiger partial charge in [0.05, 0.1) is 18.4 Å². The van der Waals surface area contributed by atoms with Crippen LogP contribution in [-0.2, 0) is 17.0 Å². The van der Waals surface area contributed by atoms with Crippen LogP contribution >= 0.6 is 23.4 Å². The molecule has 4 aromatic rings. The molecule has 0 N–H and O–H groups in total. The molecule has 0 bridgehead atoms. The van der Waals surface area contributed by atoms with Gasteiger partial charge < -0.3 is 9.15 Å². The lowest BCUT2D eigenvalue weighted by Crippen LogP contribution is -2.16. The predicted octanol–water partition coefficient (Wildman–Crippen LogP) is 5.12. The van der Waals surface area contributed by atoms with Gasteiger partial charge in [-0.05, 0) is 49.2 Å². The quantitative estimate of drug-likeness (QED) is 0.359. The van der Waals surface area contributed by atoms with Crippen molar-refractivity contribution in [3.63, 3.8) is 0 Å². The molecule has 2 aromatic carbocycles. The lowest BCUT2D eigenvalue weighted by Gasteiger charge is -2.14. The van der Waals surface area contributed by atoms with E-state index >= 15 is 0 Å². The van der Waals surface area contributed by atoms with Gasteiger partial charge in [-0.25, -0.2) is 0 Å². The zero-order chi connectivity index (χ0) is 21.0. The molecule has 0 spiro atoms. The number of nitrogens with zero attached hydrogens (tertiary/aromatic N) is 5. The van der Waals surface area contributed by atoms with Crippen molar-refractivity contribution in [3.8, 4) is 22.8 Å². The lowest BCUT2D eigenvalue weighted by molar-refractivity contribution is 0.0953. The first-order valence-electron chi connectivity index (χ1n) is 10.1. The Hall–Kier alpha value is -2.68. The van der Waals surface area contributed by atoms with Crippen LogP contribution in [0.4, 0.5) is 0 Å². The van der Waals surface area contributed by atoms with Crippen molar-refractivity contribution < 1.29 is 9.15 Å². The van der Waals surface area contributed by atoms with E-state index in [4.69, 9.17) is 20.8 Å². The molecule has 2 aromatic heterocycles. The smallest absolute Gasteiger partial charge is 0.247 e. The molecule has 1 saturated heterocycles. The van der Waals surface area contributed by atoms with Gasteiger partial charge in [0.25, 0.3) is 0 Å².